The molecule has 0 bridgehead atoms. The van der Waals surface area contributed by atoms with Crippen molar-refractivity contribution in [3.8, 4) is 0 Å². The molecule has 1 amide bonds. The van der Waals surface area contributed by atoms with E-state index in [-0.39, 0.29) is 11.3 Å². The molecule has 1 aliphatic carbocycles. The van der Waals surface area contributed by atoms with Gasteiger partial charge >= 0.3 is 0 Å². The molecule has 0 atom stereocenters. The highest BCUT2D eigenvalue weighted by atomic mass is 32.2. The average molecular weight is 330 g/mol. The average Bonchev–Trinajstić information content (AvgIpc) is 3.24. The topological polar surface area (TPSA) is 70.7 Å². The summed E-state index contributed by atoms with van der Waals surface area (Å²) in [6.45, 7) is 6.51. The summed E-state index contributed by atoms with van der Waals surface area (Å²) in [6, 6.07) is 8.00. The highest BCUT2D eigenvalue weighted by Gasteiger charge is 2.27. The Labute approximate surface area is 140 Å². The Morgan fingerprint density at radius 3 is 2.61 bits per heavy atom. The van der Waals surface area contributed by atoms with E-state index in [0.717, 1.165) is 11.5 Å². The van der Waals surface area contributed by atoms with E-state index in [1.165, 1.54) is 30.2 Å². The van der Waals surface area contributed by atoms with E-state index in [1.807, 2.05) is 12.1 Å². The van der Waals surface area contributed by atoms with Crippen LogP contribution in [0.5, 0.6) is 0 Å². The maximum absolute atomic E-state index is 12.0. The summed E-state index contributed by atoms with van der Waals surface area (Å²) in [4.78, 5) is 16.4. The van der Waals surface area contributed by atoms with Gasteiger partial charge < -0.3 is 5.32 Å². The molecule has 6 heteroatoms. The highest BCUT2D eigenvalue weighted by Crippen LogP contribution is 2.38. The summed E-state index contributed by atoms with van der Waals surface area (Å²) >= 11 is 1.36. The molecule has 23 heavy (non-hydrogen) atoms. The van der Waals surface area contributed by atoms with Gasteiger partial charge in [-0.15, -0.1) is 5.10 Å². The Bertz CT molecular complexity index is 683. The number of hydrogen-bond donors (Lipinski definition) is 2. The Morgan fingerprint density at radius 1 is 1.30 bits per heavy atom. The fourth-order valence-electron chi connectivity index (χ4n) is 2.24. The number of aromatic amines is 1. The molecule has 1 aromatic heterocycles. The third kappa shape index (κ3) is 4.34. The molecule has 0 spiro atoms. The van der Waals surface area contributed by atoms with Crippen molar-refractivity contribution in [2.75, 3.05) is 11.1 Å². The van der Waals surface area contributed by atoms with Crippen molar-refractivity contribution >= 4 is 23.4 Å². The number of anilines is 1. The molecule has 1 aromatic carbocycles. The second-order valence-electron chi connectivity index (χ2n) is 6.94. The number of carbonyl (C=O) groups excluding carboxylic acids is 1. The molecule has 3 rings (SSSR count). The smallest absolute Gasteiger partial charge is 0.234 e. The monoisotopic (exact) mass is 330 g/mol. The van der Waals surface area contributed by atoms with Gasteiger partial charge in [0.25, 0.3) is 0 Å². The predicted molar refractivity (Wildman–Crippen MR) is 92.9 cm³/mol. The van der Waals surface area contributed by atoms with Crippen molar-refractivity contribution in [2.24, 2.45) is 0 Å². The van der Waals surface area contributed by atoms with Crippen LogP contribution >= 0.6 is 11.8 Å². The molecule has 1 saturated carbocycles. The number of thioether (sulfide) groups is 1. The molecule has 0 saturated heterocycles. The van der Waals surface area contributed by atoms with Crippen LogP contribution in [0.2, 0.25) is 0 Å². The van der Waals surface area contributed by atoms with Crippen LogP contribution in [-0.2, 0) is 10.2 Å². The first-order chi connectivity index (χ1) is 10.9. The Morgan fingerprint density at radius 2 is 2.00 bits per heavy atom. The van der Waals surface area contributed by atoms with Crippen molar-refractivity contribution in [2.45, 2.75) is 50.1 Å². The lowest BCUT2D eigenvalue weighted by Gasteiger charge is -2.19. The van der Waals surface area contributed by atoms with Gasteiger partial charge in [-0.3, -0.25) is 9.89 Å². The Balaban J connectivity index is 1.50. The second-order valence-corrected chi connectivity index (χ2v) is 7.88. The molecule has 5 nitrogen and oxygen atoms in total. The van der Waals surface area contributed by atoms with E-state index in [0.29, 0.717) is 16.8 Å². The van der Waals surface area contributed by atoms with Crippen LogP contribution in [0.4, 0.5) is 5.69 Å². The van der Waals surface area contributed by atoms with Gasteiger partial charge in [-0.05, 0) is 36.0 Å². The summed E-state index contributed by atoms with van der Waals surface area (Å²) in [5.74, 6) is 1.76. The van der Waals surface area contributed by atoms with Gasteiger partial charge in [-0.1, -0.05) is 44.7 Å². The van der Waals surface area contributed by atoms with Gasteiger partial charge in [-0.25, -0.2) is 4.98 Å². The van der Waals surface area contributed by atoms with Crippen molar-refractivity contribution in [1.29, 1.82) is 0 Å². The van der Waals surface area contributed by atoms with Crippen molar-refractivity contribution in [3.05, 3.63) is 35.7 Å². The number of nitrogens with one attached hydrogen (secondary N) is 2. The zero-order valence-electron chi connectivity index (χ0n) is 13.7. The Kier molecular flexibility index (Phi) is 4.43. The molecule has 0 radical (unpaired) electrons. The van der Waals surface area contributed by atoms with Crippen LogP contribution < -0.4 is 5.32 Å². The molecule has 1 fully saturated rings. The maximum Gasteiger partial charge on any atom is 0.234 e. The molecular formula is C17H22N4OS. The van der Waals surface area contributed by atoms with E-state index in [4.69, 9.17) is 0 Å². The summed E-state index contributed by atoms with van der Waals surface area (Å²) < 4.78 is 0. The molecular weight excluding hydrogens is 308 g/mol. The third-order valence-corrected chi connectivity index (χ3v) is 4.66. The van der Waals surface area contributed by atoms with Gasteiger partial charge in [0.1, 0.15) is 5.82 Å². The minimum absolute atomic E-state index is 0.0451. The van der Waals surface area contributed by atoms with Gasteiger partial charge in [0, 0.05) is 11.6 Å². The Hall–Kier alpha value is -1.82. The number of amides is 1. The lowest BCUT2D eigenvalue weighted by molar-refractivity contribution is -0.113. The van der Waals surface area contributed by atoms with Gasteiger partial charge in [0.15, 0.2) is 0 Å². The standard InChI is InChI=1S/C17H22N4OS/c1-17(2,3)12-6-8-13(9-7-12)18-14(22)10-23-16-19-15(20-21-16)11-4-5-11/h6-9,11H,4-5,10H2,1-3H3,(H,18,22)(H,19,20,21). The maximum atomic E-state index is 12.0. The van der Waals surface area contributed by atoms with E-state index in [1.54, 1.807) is 0 Å². The lowest BCUT2D eigenvalue weighted by atomic mass is 9.87. The van der Waals surface area contributed by atoms with Crippen LogP contribution in [0.1, 0.15) is 50.9 Å². The van der Waals surface area contributed by atoms with Gasteiger partial charge in [-0.2, -0.15) is 0 Å². The largest absolute Gasteiger partial charge is 0.325 e. The first kappa shape index (κ1) is 16.1. The summed E-state index contributed by atoms with van der Waals surface area (Å²) in [7, 11) is 0. The minimum atomic E-state index is -0.0451. The SMILES string of the molecule is CC(C)(C)c1ccc(NC(=O)CSc2n[nH]c(C3CC3)n2)cc1. The number of carbonyl (C=O) groups is 1. The number of rotatable bonds is 5. The summed E-state index contributed by atoms with van der Waals surface area (Å²) in [5.41, 5.74) is 2.18. The van der Waals surface area contributed by atoms with Crippen LogP contribution in [0.3, 0.4) is 0 Å². The molecule has 0 aliphatic heterocycles. The highest BCUT2D eigenvalue weighted by molar-refractivity contribution is 7.99. The van der Waals surface area contributed by atoms with Gasteiger partial charge in [0.05, 0.1) is 5.75 Å². The van der Waals surface area contributed by atoms with Gasteiger partial charge in [0.2, 0.25) is 11.1 Å². The van der Waals surface area contributed by atoms with Crippen LogP contribution in [0.15, 0.2) is 29.4 Å². The van der Waals surface area contributed by atoms with E-state index in [2.05, 4.69) is 53.4 Å². The summed E-state index contributed by atoms with van der Waals surface area (Å²) in [5, 5.41) is 10.6. The van der Waals surface area contributed by atoms with Crippen molar-refractivity contribution in [1.82, 2.24) is 15.2 Å². The van der Waals surface area contributed by atoms with Crippen LogP contribution in [0, 0.1) is 0 Å². The van der Waals surface area contributed by atoms with E-state index >= 15 is 0 Å². The quantitative estimate of drug-likeness (QED) is 0.820. The summed E-state index contributed by atoms with van der Waals surface area (Å²) in [6.07, 6.45) is 2.37. The van der Waals surface area contributed by atoms with Crippen molar-refractivity contribution in [3.63, 3.8) is 0 Å². The first-order valence-corrected chi connectivity index (χ1v) is 8.86. The molecule has 2 N–H and O–H groups in total. The first-order valence-electron chi connectivity index (χ1n) is 7.87. The molecule has 1 heterocycles. The zero-order chi connectivity index (χ0) is 16.4. The number of hydrogen-bond acceptors (Lipinski definition) is 4. The van der Waals surface area contributed by atoms with Crippen LogP contribution in [-0.4, -0.2) is 26.8 Å². The third-order valence-electron chi connectivity index (χ3n) is 3.81. The molecule has 1 aliphatic rings. The minimum Gasteiger partial charge on any atom is -0.325 e. The number of nitrogens with zero attached hydrogens (tertiary/aromatic N) is 2. The number of H-pyrrole nitrogens is 1. The predicted octanol–water partition coefficient (Wildman–Crippen LogP) is 3.71. The van der Waals surface area contributed by atoms with E-state index in [9.17, 15) is 4.79 Å². The molecule has 0 unspecified atom stereocenters. The van der Waals surface area contributed by atoms with Crippen molar-refractivity contribution < 1.29 is 4.79 Å². The second kappa shape index (κ2) is 6.35. The fraction of sp³-hybridized carbons (Fsp3) is 0.471. The molecule has 2 aromatic rings. The fourth-order valence-corrected chi connectivity index (χ4v) is 2.85. The zero-order valence-corrected chi connectivity index (χ0v) is 14.5. The van der Waals surface area contributed by atoms with Crippen LogP contribution in [0.25, 0.3) is 0 Å². The number of aromatic nitrogens is 3. The molecule has 122 valence electrons. The van der Waals surface area contributed by atoms with E-state index < -0.39 is 0 Å². The number of benzene rings is 1. The normalized spacial score (nSPS) is 14.7. The lowest BCUT2D eigenvalue weighted by Crippen LogP contribution is -2.15.